The largest absolute Gasteiger partial charge is 0.508 e. The van der Waals surface area contributed by atoms with E-state index in [-0.39, 0.29) is 34.5 Å². The van der Waals surface area contributed by atoms with Gasteiger partial charge in [0.2, 0.25) is 0 Å². The van der Waals surface area contributed by atoms with Gasteiger partial charge in [0.05, 0.1) is 9.79 Å². The van der Waals surface area contributed by atoms with E-state index in [1.54, 1.807) is 72.8 Å². The van der Waals surface area contributed by atoms with Crippen molar-refractivity contribution in [2.75, 3.05) is 48.8 Å². The Kier molecular flexibility index (Phi) is 14.9. The molecule has 0 heterocycles. The van der Waals surface area contributed by atoms with Gasteiger partial charge < -0.3 is 40.5 Å². The molecular formula is C40H46N4O10S2. The van der Waals surface area contributed by atoms with Gasteiger partial charge in [0, 0.05) is 24.5 Å². The van der Waals surface area contributed by atoms with Crippen LogP contribution in [-0.2, 0) is 32.9 Å². The Labute approximate surface area is 326 Å². The number of hydrogen-bond acceptors (Lipinski definition) is 12. The monoisotopic (exact) mass is 806 g/mol. The van der Waals surface area contributed by atoms with Crippen molar-refractivity contribution in [2.45, 2.75) is 34.8 Å². The van der Waals surface area contributed by atoms with Crippen LogP contribution in [0.4, 0.5) is 11.4 Å². The third-order valence-electron chi connectivity index (χ3n) is 8.34. The van der Waals surface area contributed by atoms with Crippen molar-refractivity contribution in [2.24, 2.45) is 0 Å². The Morgan fingerprint density at radius 3 is 1.27 bits per heavy atom. The lowest BCUT2D eigenvalue weighted by Crippen LogP contribution is -2.32. The molecule has 2 unspecified atom stereocenters. The minimum absolute atomic E-state index is 0.0861. The summed E-state index contributed by atoms with van der Waals surface area (Å²) >= 11 is 0. The summed E-state index contributed by atoms with van der Waals surface area (Å²) in [4.78, 5) is -0.442. The van der Waals surface area contributed by atoms with Gasteiger partial charge in [-0.3, -0.25) is 9.44 Å². The zero-order valence-corrected chi connectivity index (χ0v) is 32.0. The first-order valence-electron chi connectivity index (χ1n) is 17.8. The molecule has 0 saturated carbocycles. The molecule has 0 aromatic heterocycles. The van der Waals surface area contributed by atoms with Crippen molar-refractivity contribution in [3.8, 4) is 23.0 Å². The summed E-state index contributed by atoms with van der Waals surface area (Å²) in [7, 11) is -8.25. The number of phenols is 2. The predicted molar refractivity (Wildman–Crippen MR) is 213 cm³/mol. The second-order valence-corrected chi connectivity index (χ2v) is 16.3. The molecule has 2 atom stereocenters. The van der Waals surface area contributed by atoms with Gasteiger partial charge in [0.15, 0.2) is 0 Å². The highest BCUT2D eigenvalue weighted by atomic mass is 32.2. The zero-order valence-electron chi connectivity index (χ0n) is 30.4. The van der Waals surface area contributed by atoms with Gasteiger partial charge in [-0.05, 0) is 128 Å². The molecule has 0 aliphatic heterocycles. The van der Waals surface area contributed by atoms with E-state index in [9.17, 15) is 37.3 Å². The van der Waals surface area contributed by atoms with E-state index >= 15 is 0 Å². The Morgan fingerprint density at radius 2 is 0.893 bits per heavy atom. The molecule has 5 aromatic carbocycles. The van der Waals surface area contributed by atoms with E-state index in [0.29, 0.717) is 61.9 Å². The number of nitrogens with one attached hydrogen (secondary N) is 4. The summed E-state index contributed by atoms with van der Waals surface area (Å²) in [5, 5.41) is 45.3. The van der Waals surface area contributed by atoms with Gasteiger partial charge in [-0.25, -0.2) is 16.8 Å². The third kappa shape index (κ3) is 13.4. The predicted octanol–water partition coefficient (Wildman–Crippen LogP) is 3.84. The molecule has 5 rings (SSSR count). The van der Waals surface area contributed by atoms with Crippen molar-refractivity contribution < 1.29 is 46.7 Å². The van der Waals surface area contributed by atoms with E-state index < -0.39 is 32.3 Å². The van der Waals surface area contributed by atoms with Crippen LogP contribution in [0.1, 0.15) is 11.1 Å². The lowest BCUT2D eigenvalue weighted by atomic mass is 10.1. The van der Waals surface area contributed by atoms with E-state index in [0.717, 1.165) is 17.2 Å². The van der Waals surface area contributed by atoms with E-state index in [1.807, 2.05) is 0 Å². The lowest BCUT2D eigenvalue weighted by molar-refractivity contribution is 0.106. The summed E-state index contributed by atoms with van der Waals surface area (Å²) in [5.74, 6) is 1.34. The zero-order chi connectivity index (χ0) is 40.0. The topological polar surface area (TPSA) is 216 Å². The highest BCUT2D eigenvalue weighted by molar-refractivity contribution is 7.93. The van der Waals surface area contributed by atoms with E-state index in [1.165, 1.54) is 42.5 Å². The van der Waals surface area contributed by atoms with E-state index in [2.05, 4.69) is 20.1 Å². The van der Waals surface area contributed by atoms with Crippen LogP contribution in [0.5, 0.6) is 23.0 Å². The van der Waals surface area contributed by atoms with Crippen LogP contribution in [-0.4, -0.2) is 88.9 Å². The fraction of sp³-hybridized carbons (Fsp3) is 0.250. The number of sulfonamides is 2. The van der Waals surface area contributed by atoms with Crippen LogP contribution < -0.4 is 29.6 Å². The summed E-state index contributed by atoms with van der Waals surface area (Å²) in [6.45, 7) is 1.91. The van der Waals surface area contributed by atoms with Crippen LogP contribution >= 0.6 is 0 Å². The molecule has 5 aromatic rings. The number of hydrogen-bond donors (Lipinski definition) is 8. The van der Waals surface area contributed by atoms with Gasteiger partial charge in [0.25, 0.3) is 20.0 Å². The molecule has 0 amide bonds. The standard InChI is InChI=1S/C40H46N4O10S2/c45-33-12-16-37(17-13-33)53-27-35(47)25-41-22-20-29-4-8-31(9-5-29)43-55(49,50)39-2-1-3-40(24-39)56(51,52)44-32-10-6-30(7-11-32)21-23-42-26-36(48)28-54-38-18-14-34(46)15-19-38/h1-19,24,35-36,41-48H,20-23,25-28H2. The lowest BCUT2D eigenvalue weighted by Gasteiger charge is -2.14. The van der Waals surface area contributed by atoms with E-state index in [4.69, 9.17) is 9.47 Å². The number of phenolic OH excluding ortho intramolecular Hbond substituents is 2. The summed E-state index contributed by atoms with van der Waals surface area (Å²) in [6.07, 6.45) is -0.236. The molecule has 0 saturated heterocycles. The molecule has 0 spiro atoms. The first-order chi connectivity index (χ1) is 26.8. The molecule has 0 fully saturated rings. The minimum Gasteiger partial charge on any atom is -0.508 e. The van der Waals surface area contributed by atoms with Crippen LogP contribution in [0.2, 0.25) is 0 Å². The normalized spacial score (nSPS) is 12.8. The molecule has 0 radical (unpaired) electrons. The maximum absolute atomic E-state index is 13.2. The van der Waals surface area contributed by atoms with Gasteiger partial charge in [-0.1, -0.05) is 30.3 Å². The first kappa shape index (κ1) is 41.8. The minimum atomic E-state index is -4.12. The number of ether oxygens (including phenoxy) is 2. The molecule has 0 aliphatic rings. The fourth-order valence-electron chi connectivity index (χ4n) is 5.31. The SMILES string of the molecule is O=S(=O)(Nc1ccc(CCNCC(O)COc2ccc(O)cc2)cc1)c1cccc(S(=O)(=O)Nc2ccc(CCNCC(O)COc3ccc(O)cc3)cc2)c1. The molecule has 0 bridgehead atoms. The van der Waals surface area contributed by atoms with Gasteiger partial charge >= 0.3 is 0 Å². The fourth-order valence-corrected chi connectivity index (χ4v) is 7.59. The molecular weight excluding hydrogens is 761 g/mol. The summed E-state index contributed by atoms with van der Waals surface area (Å²) in [5.41, 5.74) is 2.48. The molecule has 56 heavy (non-hydrogen) atoms. The van der Waals surface area contributed by atoms with Gasteiger partial charge in [-0.15, -0.1) is 0 Å². The van der Waals surface area contributed by atoms with Gasteiger partial charge in [-0.2, -0.15) is 0 Å². The molecule has 0 aliphatic carbocycles. The highest BCUT2D eigenvalue weighted by Crippen LogP contribution is 2.23. The van der Waals surface area contributed by atoms with Crippen molar-refractivity contribution in [1.82, 2.24) is 10.6 Å². The smallest absolute Gasteiger partial charge is 0.261 e. The molecule has 14 nitrogen and oxygen atoms in total. The van der Waals surface area contributed by atoms with Crippen LogP contribution in [0.25, 0.3) is 0 Å². The number of aliphatic hydroxyl groups excluding tert-OH is 2. The van der Waals surface area contributed by atoms with Gasteiger partial charge in [0.1, 0.15) is 48.4 Å². The number of aromatic hydroxyl groups is 2. The molecule has 8 N–H and O–H groups in total. The first-order valence-corrected chi connectivity index (χ1v) is 20.8. The maximum Gasteiger partial charge on any atom is 0.261 e. The van der Waals surface area contributed by atoms with Crippen LogP contribution in [0.15, 0.2) is 131 Å². The number of aliphatic hydroxyl groups is 2. The summed E-state index contributed by atoms with van der Waals surface area (Å²) < 4.78 is 68.9. The Morgan fingerprint density at radius 1 is 0.518 bits per heavy atom. The quantitative estimate of drug-likeness (QED) is 0.0469. The number of benzene rings is 5. The van der Waals surface area contributed by atoms with Crippen molar-refractivity contribution in [3.63, 3.8) is 0 Å². The molecule has 298 valence electrons. The van der Waals surface area contributed by atoms with Crippen LogP contribution in [0, 0.1) is 0 Å². The maximum atomic E-state index is 13.2. The number of anilines is 2. The second kappa shape index (κ2) is 20.0. The Hall–Kier alpha value is -5.36. The average Bonchev–Trinajstić information content (AvgIpc) is 3.19. The highest BCUT2D eigenvalue weighted by Gasteiger charge is 2.20. The third-order valence-corrected chi connectivity index (χ3v) is 11.1. The summed E-state index contributed by atoms with van der Waals surface area (Å²) in [6, 6.07) is 31.1. The van der Waals surface area contributed by atoms with Crippen LogP contribution in [0.3, 0.4) is 0 Å². The average molecular weight is 807 g/mol. The Balaban J connectivity index is 1.03. The number of rotatable bonds is 22. The second-order valence-electron chi connectivity index (χ2n) is 12.9. The Bertz CT molecular complexity index is 2030. The van der Waals surface area contributed by atoms with Crippen molar-refractivity contribution in [3.05, 3.63) is 132 Å². The van der Waals surface area contributed by atoms with Crippen molar-refractivity contribution in [1.29, 1.82) is 0 Å². The molecule has 16 heteroatoms. The van der Waals surface area contributed by atoms with Crippen molar-refractivity contribution >= 4 is 31.4 Å².